The molecule has 0 atom stereocenters. The zero-order chi connectivity index (χ0) is 98.6. The molecule has 2 heteroatoms. The molecule has 0 N–H and O–H groups in total. The van der Waals surface area contributed by atoms with Crippen molar-refractivity contribution in [3.05, 3.63) is 371 Å². The Morgan fingerprint density at radius 2 is 0.570 bits per heavy atom. The average molecular weight is 1520 g/mol. The SMILES string of the molecule is CC(C)(C)c1ccc2c(c1)c1cc(C(C)(C)C)ccc1n2-c1ccccc1C(C)(C)C.CC(C)(C)c1ccccc1.CC(C)(C)c1ccccc1-n1c2ccccc2c2ccccc21.[2H]c1c([2H])c(C)c([2H])c(C(C)(C)C)c1[2H].[2H]c1c([2H])c([2H])c(-c2cccc(-c3c([2H])c([2H])c([2H])c(C)c3[2H])c2C(C)(C)C)c([2H])c1[2H].[2H]c1c([2H])c([2H])c(-c2ccccc2C(C)(C)C)c([2H])c1[2H]. The lowest BCUT2D eigenvalue weighted by atomic mass is 9.77. The Labute approximate surface area is 712 Å². The average Bonchev–Trinajstić information content (AvgIpc) is 1.68. The van der Waals surface area contributed by atoms with Crippen LogP contribution in [-0.4, -0.2) is 9.13 Å². The summed E-state index contributed by atoms with van der Waals surface area (Å²) in [5.74, 6) is 0. The van der Waals surface area contributed by atoms with Crippen LogP contribution in [0.1, 0.15) is 246 Å². The van der Waals surface area contributed by atoms with Crippen molar-refractivity contribution in [1.29, 1.82) is 0 Å². The number of rotatable bonds is 5. The molecular formula is C112H130N2. The third-order valence-corrected chi connectivity index (χ3v) is 20.2. The van der Waals surface area contributed by atoms with Crippen LogP contribution in [0.2, 0.25) is 0 Å². The Morgan fingerprint density at radius 1 is 0.228 bits per heavy atom. The van der Waals surface area contributed by atoms with Gasteiger partial charge in [-0.15, -0.1) is 0 Å². The molecule has 0 aliphatic carbocycles. The summed E-state index contributed by atoms with van der Waals surface area (Å²) in [5, 5.41) is 5.31. The second kappa shape index (κ2) is 35.1. The van der Waals surface area contributed by atoms with E-state index in [1.165, 1.54) is 82.8 Å². The molecule has 15 rings (SSSR count). The predicted molar refractivity (Wildman–Crippen MR) is 503 cm³/mol. The molecule has 0 aliphatic heterocycles. The van der Waals surface area contributed by atoms with Gasteiger partial charge in [-0.2, -0.15) is 0 Å². The third-order valence-electron chi connectivity index (χ3n) is 20.2. The van der Waals surface area contributed by atoms with Gasteiger partial charge in [0, 0.05) is 32.9 Å². The van der Waals surface area contributed by atoms with Crippen LogP contribution in [0.25, 0.3) is 88.4 Å². The molecule has 114 heavy (non-hydrogen) atoms. The van der Waals surface area contributed by atoms with E-state index in [4.69, 9.17) is 24.7 Å². The normalized spacial score (nSPS) is 14.3. The van der Waals surface area contributed by atoms with E-state index in [0.29, 0.717) is 38.8 Å². The first-order valence-corrected chi connectivity index (χ1v) is 39.9. The molecule has 0 bridgehead atoms. The Bertz CT molecular complexity index is 6500. The highest BCUT2D eigenvalue weighted by Crippen LogP contribution is 2.44. The smallest absolute Gasteiger partial charge is 0.0632 e. The molecule has 0 radical (unpaired) electrons. The van der Waals surface area contributed by atoms with E-state index in [-0.39, 0.29) is 145 Å². The summed E-state index contributed by atoms with van der Waals surface area (Å²) >= 11 is 0. The maximum absolute atomic E-state index is 8.59. The zero-order valence-corrected chi connectivity index (χ0v) is 72.5. The van der Waals surface area contributed by atoms with Gasteiger partial charge < -0.3 is 9.13 Å². The lowest BCUT2D eigenvalue weighted by Crippen LogP contribution is -2.15. The van der Waals surface area contributed by atoms with Crippen molar-refractivity contribution in [1.82, 2.24) is 9.13 Å². The van der Waals surface area contributed by atoms with Crippen molar-refractivity contribution in [3.63, 3.8) is 0 Å². The number of hydrogen-bond acceptors (Lipinski definition) is 0. The first kappa shape index (κ1) is 63.8. The summed E-state index contributed by atoms with van der Waals surface area (Å²) < 4.78 is 149. The summed E-state index contributed by atoms with van der Waals surface area (Å²) in [7, 11) is 0. The van der Waals surface area contributed by atoms with Gasteiger partial charge in [-0.1, -0.05) is 444 Å². The second-order valence-corrected chi connectivity index (χ2v) is 37.8. The van der Waals surface area contributed by atoms with Gasteiger partial charge in [0.2, 0.25) is 0 Å². The standard InChI is InChI=1S/C30H37N.C23H24.C22H21N.C16H18.C11H16.C10H14/c1-28(2,3)20-14-16-25-22(18-20)23-19-21(29(4,5)6)15-17-26(23)31(25)27-13-11-10-12-24(27)30(7,8)9;1-17-10-8-13-19(16-17)21-15-9-14-20(22(21)23(2,3)4)18-11-6-5-7-12-18;1-22(2,3)18-12-6-9-15-21(18)23-19-13-7-4-10-16(19)17-11-5-8-14-20(17)23;1-16(2,3)15-12-8-7-11-14(15)13-9-5-4-6-10-13;1-9-6-5-7-10(8-9)11(2,3)4;1-10(2,3)9-7-5-4-6-8-9/h10-19H,1-9H3;5-16H,1-4H3;4-15H,1-3H3;4-12H,1-3H3;5-8H,1-4H3;4-8H,1-3H3/i;5D,6D,7D,8D,10D,11D,12D,13D,16D;;4D,5D,6D,9D,10D;5D,6D,7D,8D;. The van der Waals surface area contributed by atoms with E-state index in [2.05, 4.69) is 277 Å². The molecule has 588 valence electrons. The van der Waals surface area contributed by atoms with Crippen LogP contribution >= 0.6 is 0 Å². The van der Waals surface area contributed by atoms with E-state index >= 15 is 0 Å². The van der Waals surface area contributed by atoms with E-state index in [0.717, 1.165) is 5.56 Å². The van der Waals surface area contributed by atoms with E-state index in [1.54, 1.807) is 32.0 Å². The highest BCUT2D eigenvalue weighted by atomic mass is 15.0. The van der Waals surface area contributed by atoms with Gasteiger partial charge in [-0.25, -0.2) is 0 Å². The minimum Gasteiger partial charge on any atom is -0.309 e. The van der Waals surface area contributed by atoms with Gasteiger partial charge in [0.1, 0.15) is 0 Å². The minimum absolute atomic E-state index is 0.00185. The van der Waals surface area contributed by atoms with Crippen LogP contribution in [-0.2, 0) is 43.3 Å². The van der Waals surface area contributed by atoms with Crippen LogP contribution in [0.3, 0.4) is 0 Å². The molecule has 0 unspecified atom stereocenters. The molecule has 0 saturated carbocycles. The summed E-state index contributed by atoms with van der Waals surface area (Å²) in [6, 6.07) is 68.4. The minimum atomic E-state index is -0.594. The first-order valence-electron chi connectivity index (χ1n) is 48.9. The second-order valence-electron chi connectivity index (χ2n) is 37.8. The predicted octanol–water partition coefficient (Wildman–Crippen LogP) is 32.3. The zero-order valence-electron chi connectivity index (χ0n) is 90.5. The van der Waals surface area contributed by atoms with Crippen LogP contribution < -0.4 is 0 Å². The van der Waals surface area contributed by atoms with Gasteiger partial charge in [0.05, 0.1) is 46.7 Å². The van der Waals surface area contributed by atoms with Crippen LogP contribution in [0.15, 0.2) is 315 Å². The van der Waals surface area contributed by atoms with E-state index in [9.17, 15) is 0 Å². The molecule has 13 aromatic carbocycles. The summed E-state index contributed by atoms with van der Waals surface area (Å²) in [6.07, 6.45) is 0. The molecule has 2 aromatic heterocycles. The van der Waals surface area contributed by atoms with Crippen molar-refractivity contribution in [2.24, 2.45) is 0 Å². The Kier molecular flexibility index (Phi) is 19.6. The van der Waals surface area contributed by atoms with Gasteiger partial charge in [-0.05, 0) is 184 Å². The van der Waals surface area contributed by atoms with Crippen LogP contribution in [0.5, 0.6) is 0 Å². The van der Waals surface area contributed by atoms with Crippen LogP contribution in [0.4, 0.5) is 0 Å². The Balaban J connectivity index is 0.000000170. The lowest BCUT2D eigenvalue weighted by molar-refractivity contribution is 0.587. The maximum atomic E-state index is 8.59. The molecule has 0 saturated heterocycles. The van der Waals surface area contributed by atoms with Gasteiger partial charge >= 0.3 is 0 Å². The van der Waals surface area contributed by atoms with Crippen LogP contribution in [0, 0.1) is 13.8 Å². The number of benzene rings is 13. The molecule has 2 heterocycles. The van der Waals surface area contributed by atoms with Gasteiger partial charge in [-0.3, -0.25) is 0 Å². The number of aromatic nitrogens is 2. The molecule has 0 spiro atoms. The largest absolute Gasteiger partial charge is 0.309 e. The van der Waals surface area contributed by atoms with Crippen molar-refractivity contribution >= 4 is 43.6 Å². The summed E-state index contributed by atoms with van der Waals surface area (Å²) in [6.45, 7) is 55.0. The van der Waals surface area contributed by atoms with Crippen molar-refractivity contribution in [3.8, 4) is 44.8 Å². The Hall–Kier alpha value is -10.5. The molecular weight excluding hydrogens is 1370 g/mol. The fourth-order valence-electron chi connectivity index (χ4n) is 14.2. The van der Waals surface area contributed by atoms with Crippen molar-refractivity contribution in [2.75, 3.05) is 0 Å². The monoisotopic (exact) mass is 1520 g/mol. The molecule has 2 nitrogen and oxygen atoms in total. The summed E-state index contributed by atoms with van der Waals surface area (Å²) in [4.78, 5) is 0. The molecule has 0 fully saturated rings. The van der Waals surface area contributed by atoms with Crippen molar-refractivity contribution < 1.29 is 24.7 Å². The quantitative estimate of drug-likeness (QED) is 0.163. The Morgan fingerprint density at radius 3 is 0.991 bits per heavy atom. The summed E-state index contributed by atoms with van der Waals surface area (Å²) in [5.41, 5.74) is 19.2. The highest BCUT2D eigenvalue weighted by molar-refractivity contribution is 6.11. The van der Waals surface area contributed by atoms with Gasteiger partial charge in [0.25, 0.3) is 0 Å². The molecule has 15 aromatic rings. The number of hydrogen-bond donors (Lipinski definition) is 0. The topological polar surface area (TPSA) is 9.86 Å². The first-order chi connectivity index (χ1) is 61.0. The maximum Gasteiger partial charge on any atom is 0.0632 e. The van der Waals surface area contributed by atoms with E-state index in [1.807, 2.05) is 86.6 Å². The number of fused-ring (bicyclic) bond motifs is 6. The number of para-hydroxylation sites is 4. The van der Waals surface area contributed by atoms with E-state index < -0.39 is 23.5 Å². The fourth-order valence-corrected chi connectivity index (χ4v) is 14.2. The lowest BCUT2D eigenvalue weighted by Gasteiger charge is -2.27. The molecule has 0 aliphatic rings. The van der Waals surface area contributed by atoms with Crippen molar-refractivity contribution in [2.45, 2.75) is 223 Å². The molecule has 0 amide bonds. The third kappa shape index (κ3) is 21.1. The highest BCUT2D eigenvalue weighted by Gasteiger charge is 2.28. The number of nitrogens with zero attached hydrogens (tertiary/aromatic N) is 2. The fraction of sp³-hybridized carbons (Fsp3) is 0.304. The van der Waals surface area contributed by atoms with Gasteiger partial charge in [0.15, 0.2) is 0 Å².